The molecule has 426 valence electrons. The van der Waals surface area contributed by atoms with Crippen LogP contribution in [0.1, 0.15) is 126 Å². The van der Waals surface area contributed by atoms with E-state index in [1.165, 1.54) is 12.0 Å². The first-order valence-corrected chi connectivity index (χ1v) is 29.8. The van der Waals surface area contributed by atoms with Gasteiger partial charge in [-0.1, -0.05) is 71.1 Å². The molecule has 1 aliphatic carbocycles. The number of allylic oxidation sites excluding steroid dienone is 6. The molecule has 18 heteroatoms. The quantitative estimate of drug-likeness (QED) is 0.0558. The molecule has 0 unspecified atom stereocenters. The number of fused-ring (bicyclic) bond motifs is 3. The normalized spacial score (nSPS) is 35.7. The molecule has 2 bridgehead atoms. The van der Waals surface area contributed by atoms with E-state index >= 15 is 0 Å². The molecule has 0 aromatic rings. The lowest BCUT2D eigenvalue weighted by atomic mass is 9.78. The summed E-state index contributed by atoms with van der Waals surface area (Å²) in [5.41, 5.74) is 1.21. The molecule has 0 aromatic heterocycles. The zero-order valence-electron chi connectivity index (χ0n) is 47.1. The summed E-state index contributed by atoms with van der Waals surface area (Å²) >= 11 is 0. The molecule has 3 aliphatic heterocycles. The zero-order valence-corrected chi connectivity index (χ0v) is 48.0. The number of carbonyl (C=O) groups is 5. The Kier molecular flexibility index (Phi) is 26.4. The Labute approximate surface area is 447 Å². The highest BCUT2D eigenvalue weighted by molar-refractivity contribution is 7.57. The summed E-state index contributed by atoms with van der Waals surface area (Å²) in [6.45, 7) is 17.2. The first-order chi connectivity index (χ1) is 35.4. The van der Waals surface area contributed by atoms with Crippen LogP contribution in [-0.4, -0.2) is 167 Å². The standard InChI is InChI=1S/C57H92NO16P/c1-36-18-14-13-15-19-37(2)48(71-29-28-70-27-26-67-8)34-44-23-21-42(7)57(65,73-44)54(62)55(63)58-25-17-16-20-45(58)56(64)72-49(39(4)32-43-22-24-47(50(33-43)68-9)74-75(11,12)66)35-46(59)38(3)31-41(6)52(61)53(69-10)51(60)40(5)30-36/h13-15,18-19,31,36,38-40,42-45,47-50,52-53,61,65H,16-17,20-30,32-35H2,1-12H3/b15-13?,18-14+,37-19?,41-31+/t36-,38-,39-,40-,42-,43+,44+,45+,47-,48+,49+,50-,52-,53+,57-/m1/s1. The lowest BCUT2D eigenvalue weighted by Crippen LogP contribution is -2.61. The van der Waals surface area contributed by atoms with Crippen LogP contribution in [0.15, 0.2) is 47.6 Å². The van der Waals surface area contributed by atoms with E-state index in [1.807, 2.05) is 58.1 Å². The number of piperidine rings is 1. The minimum atomic E-state index is -2.80. The molecule has 4 rings (SSSR count). The van der Waals surface area contributed by atoms with Crippen LogP contribution < -0.4 is 0 Å². The van der Waals surface area contributed by atoms with Gasteiger partial charge in [-0.15, -0.1) is 0 Å². The highest BCUT2D eigenvalue weighted by Crippen LogP contribution is 2.45. The molecule has 0 radical (unpaired) electrons. The fourth-order valence-corrected chi connectivity index (χ4v) is 11.9. The average Bonchev–Trinajstić information content (AvgIpc) is 3.36. The van der Waals surface area contributed by atoms with Gasteiger partial charge in [0.2, 0.25) is 5.79 Å². The number of carbonyl (C=O) groups excluding carboxylic acids is 5. The van der Waals surface area contributed by atoms with Crippen molar-refractivity contribution in [1.29, 1.82) is 0 Å². The molecule has 2 saturated heterocycles. The largest absolute Gasteiger partial charge is 0.460 e. The Balaban J connectivity index is 1.71. The molecule has 75 heavy (non-hydrogen) atoms. The zero-order chi connectivity index (χ0) is 55.6. The number of aliphatic hydroxyl groups excluding tert-OH is 1. The van der Waals surface area contributed by atoms with E-state index in [0.29, 0.717) is 76.8 Å². The maximum Gasteiger partial charge on any atom is 0.329 e. The third-order valence-corrected chi connectivity index (χ3v) is 16.3. The third-order valence-electron chi connectivity index (χ3n) is 15.5. The molecule has 1 amide bonds. The second-order valence-corrected chi connectivity index (χ2v) is 24.9. The highest BCUT2D eigenvalue weighted by Gasteiger charge is 2.53. The van der Waals surface area contributed by atoms with Gasteiger partial charge in [-0.05, 0) is 107 Å². The monoisotopic (exact) mass is 1080 g/mol. The van der Waals surface area contributed by atoms with Crippen LogP contribution in [-0.2, 0) is 66.2 Å². The van der Waals surface area contributed by atoms with Crippen molar-refractivity contribution in [2.75, 3.05) is 67.6 Å². The molecule has 3 heterocycles. The number of hydrogen-bond donors (Lipinski definition) is 2. The van der Waals surface area contributed by atoms with Crippen molar-refractivity contribution in [2.45, 2.75) is 180 Å². The Morgan fingerprint density at radius 2 is 1.56 bits per heavy atom. The molecule has 0 spiro atoms. The smallest absolute Gasteiger partial charge is 0.329 e. The molecule has 1 saturated carbocycles. The second kappa shape index (κ2) is 30.8. The summed E-state index contributed by atoms with van der Waals surface area (Å²) in [4.78, 5) is 72.9. The topological polar surface area (TPSA) is 220 Å². The number of aliphatic hydroxyl groups is 2. The summed E-state index contributed by atoms with van der Waals surface area (Å²) in [5, 5.41) is 23.7. The number of ether oxygens (including phenoxy) is 7. The van der Waals surface area contributed by atoms with Gasteiger partial charge >= 0.3 is 5.97 Å². The first-order valence-electron chi connectivity index (χ1n) is 27.3. The van der Waals surface area contributed by atoms with Gasteiger partial charge in [-0.2, -0.15) is 0 Å². The molecular formula is C57H92NO16P. The summed E-state index contributed by atoms with van der Waals surface area (Å²) < 4.78 is 59.7. The van der Waals surface area contributed by atoms with E-state index in [9.17, 15) is 38.8 Å². The fourth-order valence-electron chi connectivity index (χ4n) is 11.0. The maximum absolute atomic E-state index is 14.6. The number of methoxy groups -OCH3 is 3. The molecule has 15 atom stereocenters. The van der Waals surface area contributed by atoms with E-state index in [2.05, 4.69) is 0 Å². The Morgan fingerprint density at radius 1 is 0.840 bits per heavy atom. The van der Waals surface area contributed by atoms with E-state index in [-0.39, 0.29) is 73.9 Å². The number of rotatable bonds is 14. The minimum absolute atomic E-state index is 0.0138. The van der Waals surface area contributed by atoms with Crippen molar-refractivity contribution in [1.82, 2.24) is 4.90 Å². The molecule has 4 aliphatic rings. The summed E-state index contributed by atoms with van der Waals surface area (Å²) in [7, 11) is 1.76. The summed E-state index contributed by atoms with van der Waals surface area (Å²) in [5.74, 6) is -8.33. The van der Waals surface area contributed by atoms with Crippen LogP contribution in [0, 0.1) is 35.5 Å². The molecule has 17 nitrogen and oxygen atoms in total. The average molecular weight is 1080 g/mol. The molecule has 2 N–H and O–H groups in total. The minimum Gasteiger partial charge on any atom is -0.460 e. The van der Waals surface area contributed by atoms with Crippen molar-refractivity contribution in [3.05, 3.63) is 47.6 Å². The number of amides is 1. The highest BCUT2D eigenvalue weighted by atomic mass is 31.2. The summed E-state index contributed by atoms with van der Waals surface area (Å²) in [6, 6.07) is -1.18. The Bertz CT molecular complexity index is 2050. The van der Waals surface area contributed by atoms with Crippen LogP contribution in [0.3, 0.4) is 0 Å². The van der Waals surface area contributed by atoms with Crippen LogP contribution >= 0.6 is 7.37 Å². The van der Waals surface area contributed by atoms with Gasteiger partial charge in [0, 0.05) is 71.8 Å². The van der Waals surface area contributed by atoms with E-state index < -0.39 is 85.1 Å². The van der Waals surface area contributed by atoms with E-state index in [4.69, 9.17) is 37.7 Å². The number of esters is 1. The predicted molar refractivity (Wildman–Crippen MR) is 285 cm³/mol. The predicted octanol–water partition coefficient (Wildman–Crippen LogP) is 7.78. The van der Waals surface area contributed by atoms with Crippen LogP contribution in [0.25, 0.3) is 0 Å². The van der Waals surface area contributed by atoms with Gasteiger partial charge in [0.1, 0.15) is 30.1 Å². The lowest BCUT2D eigenvalue weighted by molar-refractivity contribution is -0.266. The SMILES string of the molecule is COCCOCCO[C@H]1C[C@@H]2CC[C@@H](C)[C@@](O)(O2)C(=O)C(=O)N2CCCC[C@H]2C(=O)O[C@H]([C@H](C)C[C@@H]2CC[C@@H](OP(C)(C)=O)[C@H](OC)C2)CC(=O)[C@H](C)/C=C(\C)[C@@H](O)[C@@H](OC)C(=O)[C@H](C)C[C@H](C)/C=C/C=CC=C1C. The van der Waals surface area contributed by atoms with Crippen molar-refractivity contribution < 1.29 is 76.4 Å². The van der Waals surface area contributed by atoms with Crippen molar-refractivity contribution >= 4 is 36.6 Å². The first kappa shape index (κ1) is 64.3. The third kappa shape index (κ3) is 19.3. The lowest BCUT2D eigenvalue weighted by Gasteiger charge is -2.43. The number of hydrogen-bond acceptors (Lipinski definition) is 16. The van der Waals surface area contributed by atoms with Crippen molar-refractivity contribution in [2.24, 2.45) is 35.5 Å². The Hall–Kier alpha value is -3.22. The van der Waals surface area contributed by atoms with Gasteiger partial charge in [0.05, 0.1) is 50.8 Å². The van der Waals surface area contributed by atoms with Gasteiger partial charge in [-0.25, -0.2) is 4.79 Å². The molecule has 3 fully saturated rings. The number of ketones is 3. The summed E-state index contributed by atoms with van der Waals surface area (Å²) in [6.07, 6.45) is 10.9. The van der Waals surface area contributed by atoms with E-state index in [1.54, 1.807) is 54.4 Å². The number of nitrogens with zero attached hydrogens (tertiary/aromatic N) is 1. The van der Waals surface area contributed by atoms with Gasteiger partial charge in [0.25, 0.3) is 11.7 Å². The van der Waals surface area contributed by atoms with Gasteiger partial charge < -0.3 is 52.8 Å². The van der Waals surface area contributed by atoms with Gasteiger partial charge in [0.15, 0.2) is 13.2 Å². The number of cyclic esters (lactones) is 1. The van der Waals surface area contributed by atoms with Crippen LogP contribution in [0.5, 0.6) is 0 Å². The number of Topliss-reactive ketones (excluding diaryl/α,β-unsaturated/α-hetero) is 3. The van der Waals surface area contributed by atoms with E-state index in [0.717, 1.165) is 12.0 Å². The second-order valence-electron chi connectivity index (χ2n) is 22.2. The molecular weight excluding hydrogens is 986 g/mol. The van der Waals surface area contributed by atoms with Crippen LogP contribution in [0.2, 0.25) is 0 Å². The van der Waals surface area contributed by atoms with Crippen molar-refractivity contribution in [3.63, 3.8) is 0 Å². The van der Waals surface area contributed by atoms with Crippen molar-refractivity contribution in [3.8, 4) is 0 Å². The fraction of sp³-hybridized carbons (Fsp3) is 0.772. The Morgan fingerprint density at radius 3 is 2.24 bits per heavy atom. The molecule has 0 aromatic carbocycles. The van der Waals surface area contributed by atoms with Gasteiger partial charge in [-0.3, -0.25) is 23.7 Å². The van der Waals surface area contributed by atoms with Crippen LogP contribution in [0.4, 0.5) is 0 Å². The maximum atomic E-state index is 14.6.